The van der Waals surface area contributed by atoms with Crippen LogP contribution >= 0.6 is 0 Å². The first-order valence-corrected chi connectivity index (χ1v) is 3.89. The topological polar surface area (TPSA) is 66.6 Å². The summed E-state index contributed by atoms with van der Waals surface area (Å²) in [4.78, 5) is 24.9. The van der Waals surface area contributed by atoms with Gasteiger partial charge in [0.25, 0.3) is 0 Å². The summed E-state index contributed by atoms with van der Waals surface area (Å²) in [7, 11) is 1.73. The molecule has 68 valence electrons. The summed E-state index contributed by atoms with van der Waals surface area (Å²) in [6.07, 6.45) is 0.797. The quantitative estimate of drug-likeness (QED) is 0.520. The highest BCUT2D eigenvalue weighted by Gasteiger charge is 2.20. The van der Waals surface area contributed by atoms with Crippen LogP contribution in [0.3, 0.4) is 0 Å². The van der Waals surface area contributed by atoms with Gasteiger partial charge in [-0.15, -0.1) is 0 Å². The van der Waals surface area contributed by atoms with Gasteiger partial charge in [-0.1, -0.05) is 0 Å². The number of hydrogen-bond acceptors (Lipinski definition) is 2. The second-order valence-corrected chi connectivity index (χ2v) is 2.93. The van der Waals surface area contributed by atoms with Crippen molar-refractivity contribution < 1.29 is 9.59 Å². The first-order valence-electron chi connectivity index (χ1n) is 3.89. The Balaban J connectivity index is 2.60. The van der Waals surface area contributed by atoms with Crippen molar-refractivity contribution in [3.63, 3.8) is 0 Å². The first kappa shape index (κ1) is 8.83. The summed E-state index contributed by atoms with van der Waals surface area (Å²) >= 11 is 0. The Hall–Kier alpha value is -1.26. The van der Waals surface area contributed by atoms with Gasteiger partial charge in [-0.25, -0.2) is 4.79 Å². The molecule has 1 fully saturated rings. The standard InChI is InChI=1S/C7H13N3O2/c1-9-3-2-4-10(7(8)12)5-6(9)11/h2-5H2,1H3,(H2,8,12). The van der Waals surface area contributed by atoms with Crippen LogP contribution in [0.5, 0.6) is 0 Å². The summed E-state index contributed by atoms with van der Waals surface area (Å²) in [5.74, 6) is -0.0497. The fourth-order valence-electron chi connectivity index (χ4n) is 1.17. The lowest BCUT2D eigenvalue weighted by Gasteiger charge is -2.16. The van der Waals surface area contributed by atoms with Crippen molar-refractivity contribution in [2.45, 2.75) is 6.42 Å². The molecule has 1 rings (SSSR count). The zero-order chi connectivity index (χ0) is 9.14. The van der Waals surface area contributed by atoms with Gasteiger partial charge >= 0.3 is 6.03 Å². The normalized spacial score (nSPS) is 19.2. The molecule has 5 heteroatoms. The van der Waals surface area contributed by atoms with E-state index < -0.39 is 6.03 Å². The third kappa shape index (κ3) is 1.87. The molecule has 0 unspecified atom stereocenters. The van der Waals surface area contributed by atoms with Gasteiger partial charge in [0, 0.05) is 20.1 Å². The second-order valence-electron chi connectivity index (χ2n) is 2.93. The summed E-state index contributed by atoms with van der Waals surface area (Å²) < 4.78 is 0. The predicted octanol–water partition coefficient (Wildman–Crippen LogP) is -0.771. The Morgan fingerprint density at radius 1 is 1.50 bits per heavy atom. The summed E-state index contributed by atoms with van der Waals surface area (Å²) in [5.41, 5.74) is 5.06. The minimum atomic E-state index is -0.515. The van der Waals surface area contributed by atoms with Gasteiger partial charge in [-0.3, -0.25) is 4.79 Å². The molecule has 1 aliphatic heterocycles. The lowest BCUT2D eigenvalue weighted by molar-refractivity contribution is -0.129. The molecule has 0 bridgehead atoms. The number of rotatable bonds is 0. The van der Waals surface area contributed by atoms with Crippen LogP contribution in [-0.2, 0) is 4.79 Å². The molecule has 0 aromatic heterocycles. The number of nitrogens with zero attached hydrogens (tertiary/aromatic N) is 2. The highest BCUT2D eigenvalue weighted by molar-refractivity contribution is 5.83. The van der Waals surface area contributed by atoms with Crippen LogP contribution in [0.25, 0.3) is 0 Å². The highest BCUT2D eigenvalue weighted by Crippen LogP contribution is 2.01. The van der Waals surface area contributed by atoms with E-state index in [2.05, 4.69) is 0 Å². The molecule has 12 heavy (non-hydrogen) atoms. The third-order valence-corrected chi connectivity index (χ3v) is 1.99. The first-order chi connectivity index (χ1) is 5.61. The maximum Gasteiger partial charge on any atom is 0.315 e. The zero-order valence-electron chi connectivity index (χ0n) is 7.12. The monoisotopic (exact) mass is 171 g/mol. The van der Waals surface area contributed by atoms with Crippen molar-refractivity contribution in [1.29, 1.82) is 0 Å². The molecule has 5 nitrogen and oxygen atoms in total. The van der Waals surface area contributed by atoms with Gasteiger partial charge in [0.1, 0.15) is 6.54 Å². The predicted molar refractivity (Wildman–Crippen MR) is 43.4 cm³/mol. The fraction of sp³-hybridized carbons (Fsp3) is 0.714. The van der Waals surface area contributed by atoms with Crippen LogP contribution in [0.15, 0.2) is 0 Å². The molecule has 3 amide bonds. The van der Waals surface area contributed by atoms with E-state index in [4.69, 9.17) is 5.73 Å². The molecule has 0 saturated carbocycles. The molecule has 1 saturated heterocycles. The average molecular weight is 171 g/mol. The van der Waals surface area contributed by atoms with E-state index in [1.54, 1.807) is 11.9 Å². The van der Waals surface area contributed by atoms with E-state index >= 15 is 0 Å². The minimum Gasteiger partial charge on any atom is -0.351 e. The Morgan fingerprint density at radius 3 is 2.75 bits per heavy atom. The van der Waals surface area contributed by atoms with Crippen molar-refractivity contribution >= 4 is 11.9 Å². The number of hydrogen-bond donors (Lipinski definition) is 1. The third-order valence-electron chi connectivity index (χ3n) is 1.99. The van der Waals surface area contributed by atoms with Gasteiger partial charge in [-0.2, -0.15) is 0 Å². The van der Waals surface area contributed by atoms with E-state index in [0.29, 0.717) is 13.1 Å². The molecule has 0 aromatic rings. The van der Waals surface area contributed by atoms with Crippen molar-refractivity contribution in [2.24, 2.45) is 5.73 Å². The molecule has 1 heterocycles. The summed E-state index contributed by atoms with van der Waals surface area (Å²) in [5, 5.41) is 0. The van der Waals surface area contributed by atoms with Crippen molar-refractivity contribution in [3.05, 3.63) is 0 Å². The van der Waals surface area contributed by atoms with Crippen LogP contribution in [0.4, 0.5) is 4.79 Å². The van der Waals surface area contributed by atoms with E-state index in [-0.39, 0.29) is 12.5 Å². The van der Waals surface area contributed by atoms with Gasteiger partial charge in [0.2, 0.25) is 5.91 Å². The average Bonchev–Trinajstić information content (AvgIpc) is 2.15. The number of nitrogens with two attached hydrogens (primary N) is 1. The molecular formula is C7H13N3O2. The molecular weight excluding hydrogens is 158 g/mol. The Bertz CT molecular complexity index is 205. The van der Waals surface area contributed by atoms with Crippen molar-refractivity contribution in [3.8, 4) is 0 Å². The van der Waals surface area contributed by atoms with Gasteiger partial charge in [0.15, 0.2) is 0 Å². The van der Waals surface area contributed by atoms with Gasteiger partial charge < -0.3 is 15.5 Å². The van der Waals surface area contributed by atoms with Crippen molar-refractivity contribution in [2.75, 3.05) is 26.7 Å². The smallest absolute Gasteiger partial charge is 0.315 e. The van der Waals surface area contributed by atoms with Crippen LogP contribution < -0.4 is 5.73 Å². The van der Waals surface area contributed by atoms with Crippen LogP contribution in [0, 0.1) is 0 Å². The van der Waals surface area contributed by atoms with Gasteiger partial charge in [-0.05, 0) is 6.42 Å². The second kappa shape index (κ2) is 3.42. The minimum absolute atomic E-state index is 0.0497. The SMILES string of the molecule is CN1CCCN(C(N)=O)CC1=O. The molecule has 0 aliphatic carbocycles. The highest BCUT2D eigenvalue weighted by atomic mass is 16.2. The Labute approximate surface area is 71.1 Å². The van der Waals surface area contributed by atoms with E-state index in [1.807, 2.05) is 0 Å². The van der Waals surface area contributed by atoms with E-state index in [0.717, 1.165) is 6.42 Å². The number of urea groups is 1. The lowest BCUT2D eigenvalue weighted by atomic mass is 10.4. The van der Waals surface area contributed by atoms with E-state index in [1.165, 1.54) is 4.90 Å². The molecule has 0 spiro atoms. The largest absolute Gasteiger partial charge is 0.351 e. The number of amides is 3. The lowest BCUT2D eigenvalue weighted by Crippen LogP contribution is -2.40. The van der Waals surface area contributed by atoms with Crippen LogP contribution in [0.2, 0.25) is 0 Å². The summed E-state index contributed by atoms with van der Waals surface area (Å²) in [6.45, 7) is 1.39. The molecule has 0 radical (unpaired) electrons. The number of carbonyl (C=O) groups is 2. The molecule has 0 aromatic carbocycles. The van der Waals surface area contributed by atoms with Crippen LogP contribution in [0.1, 0.15) is 6.42 Å². The van der Waals surface area contributed by atoms with Gasteiger partial charge in [0.05, 0.1) is 0 Å². The molecule has 0 atom stereocenters. The molecule has 2 N–H and O–H groups in total. The zero-order valence-corrected chi connectivity index (χ0v) is 7.12. The Kier molecular flexibility index (Phi) is 2.52. The van der Waals surface area contributed by atoms with E-state index in [9.17, 15) is 9.59 Å². The fourth-order valence-corrected chi connectivity index (χ4v) is 1.17. The number of primary amides is 1. The summed E-state index contributed by atoms with van der Waals surface area (Å²) in [6, 6.07) is -0.515. The van der Waals surface area contributed by atoms with Crippen LogP contribution in [-0.4, -0.2) is 48.4 Å². The number of carbonyl (C=O) groups excluding carboxylic acids is 2. The Morgan fingerprint density at radius 2 is 2.17 bits per heavy atom. The molecule has 1 aliphatic rings. The number of likely N-dealkylation sites (N-methyl/N-ethyl adjacent to an activating group) is 1. The maximum atomic E-state index is 11.2. The van der Waals surface area contributed by atoms with Crippen molar-refractivity contribution in [1.82, 2.24) is 9.80 Å². The maximum absolute atomic E-state index is 11.2.